The zero-order valence-corrected chi connectivity index (χ0v) is 24.0. The summed E-state index contributed by atoms with van der Waals surface area (Å²) < 4.78 is 174. The summed E-state index contributed by atoms with van der Waals surface area (Å²) in [5.74, 6) is -36.5. The molecular weight excluding hydrogens is 690 g/mol. The van der Waals surface area contributed by atoms with Gasteiger partial charge in [0.2, 0.25) is 6.33 Å². The quantitative estimate of drug-likeness (QED) is 0.0695. The molecule has 0 aliphatic heterocycles. The van der Waals surface area contributed by atoms with E-state index in [2.05, 4.69) is 6.92 Å². The molecule has 0 fully saturated rings. The van der Waals surface area contributed by atoms with Crippen molar-refractivity contribution in [1.82, 2.24) is 4.57 Å². The number of nitrogens with zero attached hydrogens (tertiary/aromatic N) is 2. The fourth-order valence-electron chi connectivity index (χ4n) is 3.93. The van der Waals surface area contributed by atoms with E-state index in [4.69, 9.17) is 0 Å². The molecule has 0 aliphatic carbocycles. The Labute approximate surface area is 241 Å². The van der Waals surface area contributed by atoms with Gasteiger partial charge in [0.1, 0.15) is 12.4 Å². The van der Waals surface area contributed by atoms with Crippen molar-refractivity contribution in [2.45, 2.75) is 133 Å². The van der Waals surface area contributed by atoms with Gasteiger partial charge >= 0.3 is 35.8 Å². The van der Waals surface area contributed by atoms with Crippen LogP contribution in [0.4, 0.5) is 57.1 Å². The van der Waals surface area contributed by atoms with E-state index in [0.717, 1.165) is 32.1 Å². The van der Waals surface area contributed by atoms with Crippen LogP contribution in [0.15, 0.2) is 18.7 Å². The molecule has 1 rings (SSSR count). The molecule has 0 N–H and O–H groups in total. The van der Waals surface area contributed by atoms with E-state index in [0.29, 0.717) is 6.54 Å². The van der Waals surface area contributed by atoms with Crippen molar-refractivity contribution < 1.29 is 85.6 Å². The molecular formula is C24H34F13IN2. The van der Waals surface area contributed by atoms with Crippen molar-refractivity contribution in [3.05, 3.63) is 18.7 Å². The maximum absolute atomic E-state index is 13.9. The van der Waals surface area contributed by atoms with Crippen molar-refractivity contribution in [2.24, 2.45) is 0 Å². The fourth-order valence-corrected chi connectivity index (χ4v) is 3.93. The van der Waals surface area contributed by atoms with Gasteiger partial charge in [0.25, 0.3) is 0 Å². The highest BCUT2D eigenvalue weighted by atomic mass is 127. The van der Waals surface area contributed by atoms with Crippen LogP contribution in [-0.4, -0.2) is 40.4 Å². The molecule has 0 saturated heterocycles. The summed E-state index contributed by atoms with van der Waals surface area (Å²) in [6, 6.07) is 0. The summed E-state index contributed by atoms with van der Waals surface area (Å²) in [6.45, 7) is 2.23. The van der Waals surface area contributed by atoms with Gasteiger partial charge in [-0.2, -0.15) is 57.1 Å². The van der Waals surface area contributed by atoms with Crippen LogP contribution >= 0.6 is 0 Å². The molecule has 40 heavy (non-hydrogen) atoms. The van der Waals surface area contributed by atoms with Gasteiger partial charge in [-0.15, -0.1) is 0 Å². The van der Waals surface area contributed by atoms with E-state index in [1.165, 1.54) is 55.4 Å². The van der Waals surface area contributed by atoms with Crippen LogP contribution in [0.3, 0.4) is 0 Å². The number of hydrogen-bond acceptors (Lipinski definition) is 0. The normalized spacial score (nSPS) is 13.9. The number of aromatic nitrogens is 2. The number of hydrogen-bond donors (Lipinski definition) is 0. The van der Waals surface area contributed by atoms with Crippen LogP contribution in [0.2, 0.25) is 0 Å². The average Bonchev–Trinajstić information content (AvgIpc) is 3.26. The standard InChI is InChI=1S/C24H34F13N2.HI/c1-2-3-4-5-6-7-8-9-10-11-14-38-16-17-39(18-38)15-12-13-19(25,26)20(27,28)21(29,30)22(31,32)23(33,34)24(35,36)37;/h16-18H,2-15H2,1H3;1H/q+1;/p-1. The lowest BCUT2D eigenvalue weighted by Gasteiger charge is -2.39. The fraction of sp³-hybridized carbons (Fsp3) is 0.875. The number of unbranched alkanes of at least 4 members (excludes halogenated alkanes) is 9. The van der Waals surface area contributed by atoms with Crippen LogP contribution in [-0.2, 0) is 13.1 Å². The molecule has 1 heterocycles. The molecule has 0 amide bonds. The molecule has 16 heteroatoms. The summed E-state index contributed by atoms with van der Waals surface area (Å²) in [4.78, 5) is 0. The Balaban J connectivity index is 0.0000152. The second-order valence-electron chi connectivity index (χ2n) is 9.67. The SMILES string of the molecule is CCCCCCCCCCCCn1cc[n+](CCCC(F)(F)C(F)(F)C(F)(F)C(F)(F)C(F)(F)C(F)(F)F)c1.[I-]. The van der Waals surface area contributed by atoms with Crippen molar-refractivity contribution in [2.75, 3.05) is 0 Å². The minimum absolute atomic E-state index is 0. The molecule has 0 unspecified atom stereocenters. The molecule has 0 bridgehead atoms. The van der Waals surface area contributed by atoms with Crippen molar-refractivity contribution in [3.8, 4) is 0 Å². The number of rotatable bonds is 19. The molecule has 0 radical (unpaired) electrons. The maximum Gasteiger partial charge on any atom is 0.460 e. The van der Waals surface area contributed by atoms with Crippen LogP contribution in [0, 0.1) is 0 Å². The number of alkyl halides is 13. The molecule has 0 spiro atoms. The third-order valence-corrected chi connectivity index (χ3v) is 6.42. The number of halogens is 14. The molecule has 0 saturated carbocycles. The Morgan fingerprint density at radius 3 is 1.50 bits per heavy atom. The van der Waals surface area contributed by atoms with E-state index in [1.54, 1.807) is 4.57 Å². The van der Waals surface area contributed by atoms with Crippen molar-refractivity contribution >= 4 is 0 Å². The van der Waals surface area contributed by atoms with Crippen LogP contribution in [0.1, 0.15) is 84.0 Å². The van der Waals surface area contributed by atoms with Gasteiger partial charge in [-0.25, -0.2) is 9.13 Å². The van der Waals surface area contributed by atoms with E-state index < -0.39 is 55.2 Å². The minimum Gasteiger partial charge on any atom is -1.00 e. The predicted octanol–water partition coefficient (Wildman–Crippen LogP) is 6.22. The molecule has 1 aromatic heterocycles. The molecule has 0 aliphatic rings. The van der Waals surface area contributed by atoms with Crippen LogP contribution in [0.25, 0.3) is 0 Å². The largest absolute Gasteiger partial charge is 1.00 e. The molecule has 238 valence electrons. The van der Waals surface area contributed by atoms with Gasteiger partial charge in [-0.3, -0.25) is 0 Å². The van der Waals surface area contributed by atoms with Gasteiger partial charge in [-0.1, -0.05) is 58.3 Å². The Morgan fingerprint density at radius 1 is 0.575 bits per heavy atom. The van der Waals surface area contributed by atoms with Gasteiger partial charge in [0.15, 0.2) is 0 Å². The first-order valence-corrected chi connectivity index (χ1v) is 12.8. The highest BCUT2D eigenvalue weighted by molar-refractivity contribution is 5.10. The third kappa shape index (κ3) is 9.27. The number of aryl methyl sites for hydroxylation is 2. The first-order chi connectivity index (χ1) is 17.8. The van der Waals surface area contributed by atoms with Gasteiger partial charge in [0, 0.05) is 6.42 Å². The molecule has 0 aromatic carbocycles. The first-order valence-electron chi connectivity index (χ1n) is 12.8. The van der Waals surface area contributed by atoms with Gasteiger partial charge < -0.3 is 24.0 Å². The highest BCUT2D eigenvalue weighted by Gasteiger charge is 2.90. The Kier molecular flexibility index (Phi) is 15.1. The first kappa shape index (κ1) is 39.0. The van der Waals surface area contributed by atoms with Crippen LogP contribution in [0.5, 0.6) is 0 Å². The lowest BCUT2D eigenvalue weighted by molar-refractivity contribution is -0.697. The topological polar surface area (TPSA) is 8.81 Å². The zero-order chi connectivity index (χ0) is 30.2. The summed E-state index contributed by atoms with van der Waals surface area (Å²) in [6.07, 6.45) is 4.76. The Bertz CT molecular complexity index is 854. The lowest BCUT2D eigenvalue weighted by Crippen LogP contribution is -3.00. The Morgan fingerprint density at radius 2 is 1.02 bits per heavy atom. The van der Waals surface area contributed by atoms with Crippen molar-refractivity contribution in [3.63, 3.8) is 0 Å². The lowest BCUT2D eigenvalue weighted by atomic mass is 9.92. The molecule has 1 aromatic rings. The van der Waals surface area contributed by atoms with E-state index in [1.807, 2.05) is 0 Å². The Hall–Kier alpha value is -0.970. The summed E-state index contributed by atoms with van der Waals surface area (Å²) in [5.41, 5.74) is 0. The average molecular weight is 724 g/mol. The third-order valence-electron chi connectivity index (χ3n) is 6.42. The molecule has 0 atom stereocenters. The summed E-state index contributed by atoms with van der Waals surface area (Å²) in [7, 11) is 0. The monoisotopic (exact) mass is 724 g/mol. The summed E-state index contributed by atoms with van der Waals surface area (Å²) >= 11 is 0. The smallest absolute Gasteiger partial charge is 0.460 e. The predicted molar refractivity (Wildman–Crippen MR) is 116 cm³/mol. The zero-order valence-electron chi connectivity index (χ0n) is 21.8. The van der Waals surface area contributed by atoms with Gasteiger partial charge in [-0.05, 0) is 19.3 Å². The minimum atomic E-state index is -7.86. The van der Waals surface area contributed by atoms with Crippen LogP contribution < -0.4 is 28.5 Å². The van der Waals surface area contributed by atoms with Crippen molar-refractivity contribution in [1.29, 1.82) is 0 Å². The number of imidazole rings is 1. The van der Waals surface area contributed by atoms with Gasteiger partial charge in [0.05, 0.1) is 13.1 Å². The van der Waals surface area contributed by atoms with E-state index in [-0.39, 0.29) is 24.0 Å². The summed E-state index contributed by atoms with van der Waals surface area (Å²) in [5, 5.41) is 0. The van der Waals surface area contributed by atoms with E-state index in [9.17, 15) is 57.1 Å². The maximum atomic E-state index is 13.9. The second kappa shape index (κ2) is 15.5. The highest BCUT2D eigenvalue weighted by Crippen LogP contribution is 2.60. The van der Waals surface area contributed by atoms with E-state index >= 15 is 0 Å². The second-order valence-corrected chi connectivity index (χ2v) is 9.67. The molecule has 2 nitrogen and oxygen atoms in total.